The average Bonchev–Trinajstić information content (AvgIpc) is 1.73. The molecular weight excluding hydrogens is 1880 g/mol. The zero-order chi connectivity index (χ0) is 96.0. The lowest BCUT2D eigenvalue weighted by Crippen LogP contribution is -2.15. The standard InChI is InChI=1S/C24H18N4OS.C22H15N5O3S.C21H16N6OS.C18H14N6OS.C17H13N5O2S/c29-24(18-9-10-21-17(13-18)5-3-11-25-21)27-19-6-1-4-16(12-19)15-30-23-8-2-7-22-20(23)14-26-28-22;28-17-9-19(30-18-7-2-1-6-15(17)18)21(29)26-14-5-3-4-13(8-14)11-31-22-16-10-25-27-20(16)23-12-24-22;28-20(18-9-14-5-1-2-7-17(14)26-18)25-15-6-3-4-13(8-15)11-29-21-16-10-24-27-19(16)22-12-23-21;25-17(13-4-6-19-7-5-13)23-14-3-1-2-12(8-14)10-26-18-15-9-22-24-16(15)20-11-21-18;23-16(14-5-2-6-24-14)21-12-4-1-3-11(7-12)9-25-17-13-8-20-22-15(13)18-10-19-17/h1-14H,15H2,(H,26,28)(H,27,29);1-10,12H,11H2,(H,26,29)(H,23,24,25,27);1-10,12,26H,11H2,(H,25,28)(H,22,23,24,27);1-9,11H,10H2,(H,23,25)(H,20,21,22,24);1-8,10H,9H2,(H,21,23)(H,18,19,20,22). The fourth-order valence-corrected chi connectivity index (χ4v) is 19.1. The van der Waals surface area contributed by atoms with Crippen LogP contribution in [0.1, 0.15) is 80.1 Å². The summed E-state index contributed by atoms with van der Waals surface area (Å²) >= 11 is 8.10. The summed E-state index contributed by atoms with van der Waals surface area (Å²) in [5, 5.41) is 59.5. The molecule has 0 aliphatic heterocycles. The number of pyridine rings is 2. The van der Waals surface area contributed by atoms with Gasteiger partial charge in [0.15, 0.2) is 39.5 Å². The number of nitrogens with zero attached hydrogens (tertiary/aromatic N) is 15. The number of para-hydroxylation sites is 2. The molecule has 9 aromatic carbocycles. The Hall–Kier alpha value is -17.7. The fourth-order valence-electron chi connectivity index (χ4n) is 14.5. The summed E-state index contributed by atoms with van der Waals surface area (Å²) in [6.07, 6.45) is 21.2. The molecular formula is C102H76N26O8S5. The van der Waals surface area contributed by atoms with Crippen LogP contribution in [0.15, 0.2) is 375 Å². The van der Waals surface area contributed by atoms with Crippen LogP contribution in [0.5, 0.6) is 0 Å². The number of benzene rings is 9. The Morgan fingerprint density at radius 2 is 0.745 bits per heavy atom. The molecule has 141 heavy (non-hydrogen) atoms. The summed E-state index contributed by atoms with van der Waals surface area (Å²) in [7, 11) is 0. The number of rotatable bonds is 25. The molecule has 0 spiro atoms. The van der Waals surface area contributed by atoms with Gasteiger partial charge in [0.1, 0.15) is 56.7 Å². The number of carbonyl (C=O) groups is 5. The molecule has 0 atom stereocenters. The number of carbonyl (C=O) groups excluding carboxylic acids is 5. The number of anilines is 5. The topological polar surface area (TPSA) is 477 Å². The average molecular weight is 1950 g/mol. The van der Waals surface area contributed by atoms with Gasteiger partial charge in [-0.1, -0.05) is 103 Å². The van der Waals surface area contributed by atoms with E-state index in [9.17, 15) is 28.8 Å². The predicted molar refractivity (Wildman–Crippen MR) is 548 cm³/mol. The van der Waals surface area contributed by atoms with Crippen LogP contribution < -0.4 is 32.0 Å². The number of aromatic nitrogens is 21. The smallest absolute Gasteiger partial charge is 0.291 e. The first-order valence-electron chi connectivity index (χ1n) is 43.3. The number of fused-ring (bicyclic) bond motifs is 8. The number of hydrogen-bond acceptors (Lipinski definition) is 28. The number of amides is 5. The summed E-state index contributed by atoms with van der Waals surface area (Å²) < 4.78 is 10.7. The van der Waals surface area contributed by atoms with Crippen LogP contribution in [0.25, 0.3) is 87.8 Å². The number of hydrogen-bond donors (Lipinski definition) is 11. The normalized spacial score (nSPS) is 11.0. The van der Waals surface area contributed by atoms with E-state index in [0.717, 1.165) is 153 Å². The van der Waals surface area contributed by atoms with Gasteiger partial charge < -0.3 is 40.4 Å². The van der Waals surface area contributed by atoms with Gasteiger partial charge in [-0.25, -0.2) is 39.9 Å². The zero-order valence-corrected chi connectivity index (χ0v) is 77.9. The molecule has 0 bridgehead atoms. The van der Waals surface area contributed by atoms with Crippen LogP contribution in [0.3, 0.4) is 0 Å². The van der Waals surface area contributed by atoms with E-state index in [1.54, 1.807) is 163 Å². The highest BCUT2D eigenvalue weighted by Gasteiger charge is 2.20. The first-order valence-corrected chi connectivity index (χ1v) is 48.2. The minimum atomic E-state index is -0.483. The zero-order valence-electron chi connectivity index (χ0n) is 73.8. The number of furan rings is 1. The van der Waals surface area contributed by atoms with Gasteiger partial charge >= 0.3 is 0 Å². The van der Waals surface area contributed by atoms with Crippen molar-refractivity contribution in [3.8, 4) is 0 Å². The van der Waals surface area contributed by atoms with Crippen LogP contribution in [0.4, 0.5) is 28.4 Å². The van der Waals surface area contributed by atoms with Gasteiger partial charge in [-0.05, 0) is 173 Å². The van der Waals surface area contributed by atoms with Crippen molar-refractivity contribution in [3.63, 3.8) is 0 Å². The van der Waals surface area contributed by atoms with Gasteiger partial charge in [0.05, 0.1) is 75.2 Å². The lowest BCUT2D eigenvalue weighted by molar-refractivity contribution is 0.0989. The van der Waals surface area contributed by atoms with Gasteiger partial charge in [0.2, 0.25) is 0 Å². The van der Waals surface area contributed by atoms with Crippen molar-refractivity contribution in [2.24, 2.45) is 0 Å². The summed E-state index contributed by atoms with van der Waals surface area (Å²) in [6, 6.07) is 78.6. The third-order valence-electron chi connectivity index (χ3n) is 21.3. The van der Waals surface area contributed by atoms with Gasteiger partial charge in [0, 0.05) is 120 Å². The van der Waals surface area contributed by atoms with Gasteiger partial charge in [-0.15, -0.1) is 58.8 Å². The fraction of sp³-hybridized carbons (Fsp3) is 0.0490. The number of aromatic amines is 6. The summed E-state index contributed by atoms with van der Waals surface area (Å²) in [6.45, 7) is 0. The summed E-state index contributed by atoms with van der Waals surface area (Å²) in [5.74, 6) is 2.63. The van der Waals surface area contributed by atoms with E-state index in [0.29, 0.717) is 56.4 Å². The highest BCUT2D eigenvalue weighted by atomic mass is 32.2. The molecule has 14 aromatic heterocycles. The third kappa shape index (κ3) is 23.5. The SMILES string of the molecule is O=C(Nc1cccc(CSc2cccc3[nH]ncc23)c1)c1ccc2ncccc2c1.O=C(Nc1cccc(CSc2ncnc3[nH]ncc23)c1)c1cc(=O)c2ccccc2o1.O=C(Nc1cccc(CSc2ncnc3[nH]ncc23)c1)c1cc2ccccc2[nH]1.O=C(Nc1cccc(CSc2ncnc3[nH]ncc23)c1)c1ccco1.O=C(Nc1cccc(CSc2ncnc3[nH]ncc23)c1)c1ccncc1. The second-order valence-electron chi connectivity index (χ2n) is 30.9. The van der Waals surface area contributed by atoms with Gasteiger partial charge in [-0.3, -0.25) is 64.2 Å². The highest BCUT2D eigenvalue weighted by Crippen LogP contribution is 2.35. The Bertz CT molecular complexity index is 8460. The number of thioether (sulfide) groups is 5. The molecule has 11 N–H and O–H groups in total. The van der Waals surface area contributed by atoms with E-state index < -0.39 is 5.91 Å². The molecule has 14 heterocycles. The first kappa shape index (κ1) is 92.4. The third-order valence-corrected chi connectivity index (χ3v) is 26.7. The molecule has 0 radical (unpaired) electrons. The maximum atomic E-state index is 12.7. The van der Waals surface area contributed by atoms with Crippen LogP contribution in [0.2, 0.25) is 0 Å². The molecule has 0 unspecified atom stereocenters. The van der Waals surface area contributed by atoms with Crippen molar-refractivity contribution in [2.75, 3.05) is 26.6 Å². The van der Waals surface area contributed by atoms with Crippen molar-refractivity contribution in [3.05, 3.63) is 402 Å². The summed E-state index contributed by atoms with van der Waals surface area (Å²) in [4.78, 5) is 121. The maximum Gasteiger partial charge on any atom is 0.291 e. The van der Waals surface area contributed by atoms with Crippen LogP contribution >= 0.6 is 58.8 Å². The van der Waals surface area contributed by atoms with E-state index in [1.807, 2.05) is 182 Å². The molecule has 34 nitrogen and oxygen atoms in total. The van der Waals surface area contributed by atoms with Crippen molar-refractivity contribution >= 4 is 205 Å². The Kier molecular flexibility index (Phi) is 29.1. The van der Waals surface area contributed by atoms with E-state index in [1.165, 1.54) is 42.5 Å². The molecule has 0 aliphatic carbocycles. The largest absolute Gasteiger partial charge is 0.459 e. The van der Waals surface area contributed by atoms with Crippen LogP contribution in [0, 0.1) is 0 Å². The van der Waals surface area contributed by atoms with E-state index >= 15 is 0 Å². The first-order chi connectivity index (χ1) is 69.3. The Morgan fingerprint density at radius 3 is 1.25 bits per heavy atom. The molecule has 0 saturated carbocycles. The molecule has 23 rings (SSSR count). The van der Waals surface area contributed by atoms with Gasteiger partial charge in [-0.2, -0.15) is 25.5 Å². The van der Waals surface area contributed by atoms with E-state index in [-0.39, 0.29) is 40.6 Å². The minimum absolute atomic E-state index is 0.0354. The van der Waals surface area contributed by atoms with Crippen molar-refractivity contribution in [1.29, 1.82) is 0 Å². The molecule has 23 aromatic rings. The quantitative estimate of drug-likeness (QED) is 0.0187. The lowest BCUT2D eigenvalue weighted by Gasteiger charge is -2.09. The van der Waals surface area contributed by atoms with Crippen LogP contribution in [-0.2, 0) is 28.8 Å². The second-order valence-corrected chi connectivity index (χ2v) is 35.8. The molecule has 39 heteroatoms. The monoisotopic (exact) mass is 1950 g/mol. The van der Waals surface area contributed by atoms with E-state index in [4.69, 9.17) is 8.83 Å². The highest BCUT2D eigenvalue weighted by molar-refractivity contribution is 7.99. The maximum absolute atomic E-state index is 12.7. The van der Waals surface area contributed by atoms with Crippen molar-refractivity contribution in [2.45, 2.75) is 53.8 Å². The molecule has 692 valence electrons. The number of H-pyrrole nitrogens is 6. The Labute approximate surface area is 820 Å². The molecule has 5 amide bonds. The van der Waals surface area contributed by atoms with Crippen molar-refractivity contribution < 1.29 is 32.8 Å². The molecule has 0 aliphatic rings. The van der Waals surface area contributed by atoms with Crippen LogP contribution in [-0.4, -0.2) is 135 Å². The lowest BCUT2D eigenvalue weighted by atomic mass is 10.1. The Balaban J connectivity index is 0.000000112. The molecule has 0 fully saturated rings. The second kappa shape index (κ2) is 44.4. The predicted octanol–water partition coefficient (Wildman–Crippen LogP) is 20.8. The van der Waals surface area contributed by atoms with Gasteiger partial charge in [0.25, 0.3) is 29.5 Å². The molecule has 0 saturated heterocycles. The van der Waals surface area contributed by atoms with Crippen molar-refractivity contribution in [1.82, 2.24) is 106 Å². The minimum Gasteiger partial charge on any atom is -0.459 e. The number of nitrogens with one attached hydrogen (secondary N) is 11. The Morgan fingerprint density at radius 1 is 0.312 bits per heavy atom. The van der Waals surface area contributed by atoms with E-state index in [2.05, 4.69) is 145 Å². The summed E-state index contributed by atoms with van der Waals surface area (Å²) in [5.41, 5.74) is 16.5.